The SMILES string of the molecule is CNc1cc(SC(C)CCO)nc(-c2ccccc2)n1. The quantitative estimate of drug-likeness (QED) is 0.632. The van der Waals surface area contributed by atoms with Gasteiger partial charge in [-0.1, -0.05) is 37.3 Å². The Bertz CT molecular complexity index is 548. The molecule has 0 aliphatic carbocycles. The lowest BCUT2D eigenvalue weighted by atomic mass is 10.2. The summed E-state index contributed by atoms with van der Waals surface area (Å²) in [5, 5.41) is 13.3. The van der Waals surface area contributed by atoms with Crippen LogP contribution in [0.15, 0.2) is 41.4 Å². The van der Waals surface area contributed by atoms with E-state index in [1.807, 2.05) is 43.4 Å². The molecule has 106 valence electrons. The number of aromatic nitrogens is 2. The summed E-state index contributed by atoms with van der Waals surface area (Å²) in [4.78, 5) is 9.09. The topological polar surface area (TPSA) is 58.0 Å². The molecule has 2 aromatic rings. The van der Waals surface area contributed by atoms with Crippen molar-refractivity contribution in [1.29, 1.82) is 0 Å². The Morgan fingerprint density at radius 2 is 2.00 bits per heavy atom. The van der Waals surface area contributed by atoms with Gasteiger partial charge in [0.25, 0.3) is 0 Å². The largest absolute Gasteiger partial charge is 0.396 e. The second kappa shape index (κ2) is 7.26. The highest BCUT2D eigenvalue weighted by Crippen LogP contribution is 2.27. The fourth-order valence-electron chi connectivity index (χ4n) is 1.78. The molecule has 0 aliphatic rings. The van der Waals surface area contributed by atoms with Gasteiger partial charge in [0, 0.05) is 30.5 Å². The Morgan fingerprint density at radius 1 is 1.25 bits per heavy atom. The fraction of sp³-hybridized carbons (Fsp3) is 0.333. The Hall–Kier alpha value is -1.59. The summed E-state index contributed by atoms with van der Waals surface area (Å²) >= 11 is 1.66. The summed E-state index contributed by atoms with van der Waals surface area (Å²) in [5.41, 5.74) is 1.00. The molecule has 0 saturated carbocycles. The lowest BCUT2D eigenvalue weighted by Gasteiger charge is -2.11. The van der Waals surface area contributed by atoms with Crippen LogP contribution in [0.2, 0.25) is 0 Å². The van der Waals surface area contributed by atoms with Crippen LogP contribution in [0.3, 0.4) is 0 Å². The minimum atomic E-state index is 0.198. The van der Waals surface area contributed by atoms with Gasteiger partial charge in [0.05, 0.1) is 0 Å². The zero-order valence-corrected chi connectivity index (χ0v) is 12.5. The van der Waals surface area contributed by atoms with Crippen LogP contribution in [0.25, 0.3) is 11.4 Å². The standard InChI is InChI=1S/C15H19N3OS/c1-11(8-9-19)20-14-10-13(16-2)17-15(18-14)12-6-4-3-5-7-12/h3-7,10-11,19H,8-9H2,1-2H3,(H,16,17,18). The Morgan fingerprint density at radius 3 is 2.65 bits per heavy atom. The summed E-state index contributed by atoms with van der Waals surface area (Å²) in [6.07, 6.45) is 0.754. The van der Waals surface area contributed by atoms with E-state index in [1.54, 1.807) is 11.8 Å². The lowest BCUT2D eigenvalue weighted by molar-refractivity contribution is 0.289. The molecule has 0 saturated heterocycles. The van der Waals surface area contributed by atoms with Gasteiger partial charge in [-0.15, -0.1) is 11.8 Å². The number of aliphatic hydroxyl groups excluding tert-OH is 1. The number of hydrogen-bond acceptors (Lipinski definition) is 5. The molecule has 0 amide bonds. The molecule has 2 rings (SSSR count). The van der Waals surface area contributed by atoms with Crippen molar-refractivity contribution in [2.45, 2.75) is 23.6 Å². The monoisotopic (exact) mass is 289 g/mol. The molecule has 1 atom stereocenters. The average Bonchev–Trinajstić information content (AvgIpc) is 2.48. The minimum absolute atomic E-state index is 0.198. The van der Waals surface area contributed by atoms with Gasteiger partial charge in [0.2, 0.25) is 0 Å². The summed E-state index contributed by atoms with van der Waals surface area (Å²) in [6.45, 7) is 2.29. The molecule has 0 aliphatic heterocycles. The van der Waals surface area contributed by atoms with E-state index in [0.717, 1.165) is 28.7 Å². The van der Waals surface area contributed by atoms with Gasteiger partial charge in [0.15, 0.2) is 5.82 Å². The molecule has 1 aromatic carbocycles. The van der Waals surface area contributed by atoms with Crippen LogP contribution >= 0.6 is 11.8 Å². The second-order valence-electron chi connectivity index (χ2n) is 4.47. The number of nitrogens with one attached hydrogen (secondary N) is 1. The van der Waals surface area contributed by atoms with Gasteiger partial charge in [-0.25, -0.2) is 9.97 Å². The number of nitrogens with zero attached hydrogens (tertiary/aromatic N) is 2. The molecule has 1 heterocycles. The van der Waals surface area contributed by atoms with Gasteiger partial charge in [-0.3, -0.25) is 0 Å². The summed E-state index contributed by atoms with van der Waals surface area (Å²) in [6, 6.07) is 11.9. The van der Waals surface area contributed by atoms with Crippen LogP contribution in [0.4, 0.5) is 5.82 Å². The van der Waals surface area contributed by atoms with Crippen molar-refractivity contribution in [3.63, 3.8) is 0 Å². The highest BCUT2D eigenvalue weighted by Gasteiger charge is 2.10. The van der Waals surface area contributed by atoms with Crippen molar-refractivity contribution < 1.29 is 5.11 Å². The number of hydrogen-bond donors (Lipinski definition) is 2. The van der Waals surface area contributed by atoms with E-state index in [4.69, 9.17) is 5.11 Å². The van der Waals surface area contributed by atoms with E-state index < -0.39 is 0 Å². The van der Waals surface area contributed by atoms with Crippen molar-refractivity contribution in [1.82, 2.24) is 9.97 Å². The molecule has 0 radical (unpaired) electrons. The molecule has 2 N–H and O–H groups in total. The van der Waals surface area contributed by atoms with Crippen LogP contribution in [0, 0.1) is 0 Å². The number of rotatable bonds is 6. The predicted octanol–water partition coefficient (Wildman–Crippen LogP) is 3.05. The van der Waals surface area contributed by atoms with E-state index in [9.17, 15) is 0 Å². The number of benzene rings is 1. The smallest absolute Gasteiger partial charge is 0.162 e. The van der Waals surface area contributed by atoms with Crippen molar-refractivity contribution >= 4 is 17.6 Å². The zero-order chi connectivity index (χ0) is 14.4. The van der Waals surface area contributed by atoms with Crippen molar-refractivity contribution in [2.24, 2.45) is 0 Å². The molecule has 4 nitrogen and oxygen atoms in total. The van der Waals surface area contributed by atoms with E-state index in [1.165, 1.54) is 0 Å². The first kappa shape index (κ1) is 14.8. The number of thioether (sulfide) groups is 1. The van der Waals surface area contributed by atoms with E-state index in [-0.39, 0.29) is 6.61 Å². The maximum absolute atomic E-state index is 8.99. The summed E-state index contributed by atoms with van der Waals surface area (Å²) in [5.74, 6) is 1.52. The molecule has 5 heteroatoms. The molecular formula is C15H19N3OS. The van der Waals surface area contributed by atoms with E-state index >= 15 is 0 Å². The summed E-state index contributed by atoms with van der Waals surface area (Å²) < 4.78 is 0. The van der Waals surface area contributed by atoms with Crippen LogP contribution in [-0.4, -0.2) is 34.0 Å². The van der Waals surface area contributed by atoms with Crippen molar-refractivity contribution in [3.05, 3.63) is 36.4 Å². The zero-order valence-electron chi connectivity index (χ0n) is 11.7. The third-order valence-electron chi connectivity index (χ3n) is 2.85. The lowest BCUT2D eigenvalue weighted by Crippen LogP contribution is -2.02. The van der Waals surface area contributed by atoms with Crippen LogP contribution in [-0.2, 0) is 0 Å². The first-order valence-electron chi connectivity index (χ1n) is 6.62. The minimum Gasteiger partial charge on any atom is -0.396 e. The number of anilines is 1. The van der Waals surface area contributed by atoms with Gasteiger partial charge in [-0.05, 0) is 6.42 Å². The molecule has 0 fully saturated rings. The summed E-state index contributed by atoms with van der Waals surface area (Å²) in [7, 11) is 1.85. The molecule has 0 spiro atoms. The van der Waals surface area contributed by atoms with Gasteiger partial charge >= 0.3 is 0 Å². The predicted molar refractivity (Wildman–Crippen MR) is 84.0 cm³/mol. The van der Waals surface area contributed by atoms with Gasteiger partial charge < -0.3 is 10.4 Å². The second-order valence-corrected chi connectivity index (χ2v) is 5.93. The Balaban J connectivity index is 2.29. The normalized spacial score (nSPS) is 12.2. The van der Waals surface area contributed by atoms with Gasteiger partial charge in [-0.2, -0.15) is 0 Å². The maximum atomic E-state index is 8.99. The fourth-order valence-corrected chi connectivity index (χ4v) is 2.73. The highest BCUT2D eigenvalue weighted by atomic mass is 32.2. The maximum Gasteiger partial charge on any atom is 0.162 e. The molecule has 1 unspecified atom stereocenters. The number of aliphatic hydroxyl groups is 1. The van der Waals surface area contributed by atoms with Crippen molar-refractivity contribution in [3.8, 4) is 11.4 Å². The van der Waals surface area contributed by atoms with E-state index in [0.29, 0.717) is 5.25 Å². The molecule has 1 aromatic heterocycles. The van der Waals surface area contributed by atoms with Crippen LogP contribution in [0.5, 0.6) is 0 Å². The Kier molecular flexibility index (Phi) is 5.38. The molecule has 20 heavy (non-hydrogen) atoms. The molecule has 0 bridgehead atoms. The average molecular weight is 289 g/mol. The van der Waals surface area contributed by atoms with Gasteiger partial charge in [0.1, 0.15) is 10.8 Å². The van der Waals surface area contributed by atoms with Crippen molar-refractivity contribution in [2.75, 3.05) is 19.0 Å². The third kappa shape index (κ3) is 3.95. The van der Waals surface area contributed by atoms with E-state index in [2.05, 4.69) is 22.2 Å². The third-order valence-corrected chi connectivity index (χ3v) is 3.94. The first-order chi connectivity index (χ1) is 9.72. The van der Waals surface area contributed by atoms with Crippen LogP contribution in [0.1, 0.15) is 13.3 Å². The highest BCUT2D eigenvalue weighted by molar-refractivity contribution is 7.99. The Labute approximate surface area is 123 Å². The van der Waals surface area contributed by atoms with Crippen LogP contribution < -0.4 is 5.32 Å². The molecular weight excluding hydrogens is 270 g/mol. The first-order valence-corrected chi connectivity index (χ1v) is 7.50.